The molecule has 0 rings (SSSR count). The lowest BCUT2D eigenvalue weighted by atomic mass is 10.3. The SMILES string of the molecule is CCONCC=C(C#N)C#N. The van der Waals surface area contributed by atoms with Gasteiger partial charge < -0.3 is 4.84 Å². The van der Waals surface area contributed by atoms with E-state index in [4.69, 9.17) is 15.4 Å². The molecule has 0 heterocycles. The number of hydroxylamine groups is 1. The van der Waals surface area contributed by atoms with E-state index < -0.39 is 0 Å². The summed E-state index contributed by atoms with van der Waals surface area (Å²) in [5.41, 5.74) is 2.65. The van der Waals surface area contributed by atoms with Crippen LogP contribution in [0.4, 0.5) is 0 Å². The third kappa shape index (κ3) is 5.10. The minimum absolute atomic E-state index is 0.0946. The lowest BCUT2D eigenvalue weighted by Gasteiger charge is -1.96. The molecule has 0 amide bonds. The molecule has 58 valence electrons. The van der Waals surface area contributed by atoms with Crippen LogP contribution in [0.2, 0.25) is 0 Å². The van der Waals surface area contributed by atoms with Crippen LogP contribution in [0.1, 0.15) is 6.92 Å². The van der Waals surface area contributed by atoms with Crippen LogP contribution >= 0.6 is 0 Å². The Labute approximate surface area is 65.6 Å². The van der Waals surface area contributed by atoms with E-state index in [1.165, 1.54) is 6.08 Å². The van der Waals surface area contributed by atoms with Crippen molar-refractivity contribution < 1.29 is 4.84 Å². The zero-order valence-corrected chi connectivity index (χ0v) is 6.29. The molecule has 0 saturated carbocycles. The van der Waals surface area contributed by atoms with E-state index in [-0.39, 0.29) is 5.57 Å². The number of hydrogen-bond donors (Lipinski definition) is 1. The minimum Gasteiger partial charge on any atom is -0.302 e. The molecule has 0 aromatic carbocycles. The summed E-state index contributed by atoms with van der Waals surface area (Å²) in [7, 11) is 0. The molecule has 0 aromatic heterocycles. The first-order valence-electron chi connectivity index (χ1n) is 3.20. The van der Waals surface area contributed by atoms with Crippen molar-refractivity contribution in [2.45, 2.75) is 6.92 Å². The van der Waals surface area contributed by atoms with Crippen molar-refractivity contribution in [1.29, 1.82) is 10.5 Å². The van der Waals surface area contributed by atoms with Crippen LogP contribution < -0.4 is 5.48 Å². The van der Waals surface area contributed by atoms with Gasteiger partial charge in [0.15, 0.2) is 0 Å². The van der Waals surface area contributed by atoms with Gasteiger partial charge in [0.2, 0.25) is 0 Å². The largest absolute Gasteiger partial charge is 0.302 e. The highest BCUT2D eigenvalue weighted by Gasteiger charge is 1.88. The smallest absolute Gasteiger partial charge is 0.127 e. The monoisotopic (exact) mass is 151 g/mol. The lowest BCUT2D eigenvalue weighted by Crippen LogP contribution is -2.14. The van der Waals surface area contributed by atoms with Crippen LogP contribution in [0.5, 0.6) is 0 Å². The van der Waals surface area contributed by atoms with Crippen molar-refractivity contribution in [3.63, 3.8) is 0 Å². The Kier molecular flexibility index (Phi) is 5.92. The molecule has 0 atom stereocenters. The number of nitrogens with one attached hydrogen (secondary N) is 1. The molecule has 0 aliphatic carbocycles. The van der Waals surface area contributed by atoms with E-state index in [1.54, 1.807) is 12.1 Å². The Hall–Kier alpha value is -1.36. The highest BCUT2D eigenvalue weighted by molar-refractivity contribution is 5.34. The number of hydrogen-bond acceptors (Lipinski definition) is 4. The maximum absolute atomic E-state index is 8.27. The molecule has 4 heteroatoms. The van der Waals surface area contributed by atoms with Crippen LogP contribution in [0.15, 0.2) is 11.6 Å². The molecular weight excluding hydrogens is 142 g/mol. The summed E-state index contributed by atoms with van der Waals surface area (Å²) in [6.45, 7) is 2.78. The third-order valence-corrected chi connectivity index (χ3v) is 0.877. The fourth-order valence-electron chi connectivity index (χ4n) is 0.421. The molecule has 1 N–H and O–H groups in total. The van der Waals surface area contributed by atoms with Gasteiger partial charge in [0, 0.05) is 6.54 Å². The van der Waals surface area contributed by atoms with Gasteiger partial charge in [-0.05, 0) is 13.0 Å². The van der Waals surface area contributed by atoms with Gasteiger partial charge >= 0.3 is 0 Å². The van der Waals surface area contributed by atoms with Crippen molar-refractivity contribution in [1.82, 2.24) is 5.48 Å². The van der Waals surface area contributed by atoms with E-state index in [1.807, 2.05) is 6.92 Å². The molecule has 0 bridgehead atoms. The van der Waals surface area contributed by atoms with Gasteiger partial charge in [-0.3, -0.25) is 0 Å². The lowest BCUT2D eigenvalue weighted by molar-refractivity contribution is 0.0587. The zero-order valence-electron chi connectivity index (χ0n) is 6.29. The Morgan fingerprint density at radius 1 is 1.55 bits per heavy atom. The molecule has 11 heavy (non-hydrogen) atoms. The summed E-state index contributed by atoms with van der Waals surface area (Å²) in [6.07, 6.45) is 1.47. The molecule has 0 unspecified atom stereocenters. The van der Waals surface area contributed by atoms with Gasteiger partial charge in [-0.25, -0.2) is 0 Å². The molecule has 0 saturated heterocycles. The third-order valence-electron chi connectivity index (χ3n) is 0.877. The summed E-state index contributed by atoms with van der Waals surface area (Å²) < 4.78 is 0. The maximum atomic E-state index is 8.27. The number of allylic oxidation sites excluding steroid dienone is 1. The maximum Gasteiger partial charge on any atom is 0.127 e. The predicted molar refractivity (Wildman–Crippen MR) is 38.9 cm³/mol. The van der Waals surface area contributed by atoms with Crippen molar-refractivity contribution in [2.75, 3.05) is 13.2 Å². The number of nitriles is 2. The fourth-order valence-corrected chi connectivity index (χ4v) is 0.421. The van der Waals surface area contributed by atoms with Gasteiger partial charge in [-0.2, -0.15) is 16.0 Å². The summed E-state index contributed by atoms with van der Waals surface area (Å²) in [5.74, 6) is 0. The average Bonchev–Trinajstić information content (AvgIpc) is 2.05. The molecule has 0 fully saturated rings. The van der Waals surface area contributed by atoms with E-state index in [9.17, 15) is 0 Å². The Bertz CT molecular complexity index is 193. The first-order chi connectivity index (χ1) is 5.35. The van der Waals surface area contributed by atoms with Gasteiger partial charge in [0.1, 0.15) is 17.7 Å². The predicted octanol–water partition coefficient (Wildman–Crippen LogP) is 0.501. The summed E-state index contributed by atoms with van der Waals surface area (Å²) >= 11 is 0. The van der Waals surface area contributed by atoms with Crippen LogP contribution in [0.3, 0.4) is 0 Å². The van der Waals surface area contributed by atoms with E-state index in [2.05, 4.69) is 5.48 Å². The van der Waals surface area contributed by atoms with E-state index >= 15 is 0 Å². The second-order valence-corrected chi connectivity index (χ2v) is 1.62. The fraction of sp³-hybridized carbons (Fsp3) is 0.429. The van der Waals surface area contributed by atoms with E-state index in [0.29, 0.717) is 13.2 Å². The molecule has 0 spiro atoms. The molecule has 0 radical (unpaired) electrons. The summed E-state index contributed by atoms with van der Waals surface area (Å²) in [6, 6.07) is 3.47. The zero-order chi connectivity index (χ0) is 8.53. The van der Waals surface area contributed by atoms with Crippen molar-refractivity contribution >= 4 is 0 Å². The van der Waals surface area contributed by atoms with Crippen molar-refractivity contribution in [2.24, 2.45) is 0 Å². The highest BCUT2D eigenvalue weighted by Crippen LogP contribution is 1.85. The Morgan fingerprint density at radius 2 is 2.18 bits per heavy atom. The first kappa shape index (κ1) is 9.64. The van der Waals surface area contributed by atoms with Gasteiger partial charge in [0.25, 0.3) is 0 Å². The Balaban J connectivity index is 3.58. The minimum atomic E-state index is 0.0946. The van der Waals surface area contributed by atoms with E-state index in [0.717, 1.165) is 0 Å². The number of nitrogens with zero attached hydrogens (tertiary/aromatic N) is 2. The normalized spacial score (nSPS) is 7.91. The standard InChI is InChI=1S/C7H9N3O/c1-2-11-10-4-3-7(5-8)6-9/h3,10H,2,4H2,1H3. The van der Waals surface area contributed by atoms with Crippen molar-refractivity contribution in [3.8, 4) is 12.1 Å². The van der Waals surface area contributed by atoms with Crippen LogP contribution in [0, 0.1) is 22.7 Å². The van der Waals surface area contributed by atoms with Gasteiger partial charge in [-0.1, -0.05) is 0 Å². The Morgan fingerprint density at radius 3 is 2.64 bits per heavy atom. The molecule has 0 aliphatic heterocycles. The summed E-state index contributed by atoms with van der Waals surface area (Å²) in [5, 5.41) is 16.5. The average molecular weight is 151 g/mol. The van der Waals surface area contributed by atoms with Crippen LogP contribution in [-0.4, -0.2) is 13.2 Å². The highest BCUT2D eigenvalue weighted by atomic mass is 16.6. The summed E-state index contributed by atoms with van der Waals surface area (Å²) in [4.78, 5) is 4.76. The molecule has 0 aromatic rings. The molecule has 0 aliphatic rings. The van der Waals surface area contributed by atoms with Gasteiger partial charge in [-0.15, -0.1) is 0 Å². The van der Waals surface area contributed by atoms with Crippen molar-refractivity contribution in [3.05, 3.63) is 11.6 Å². The topological polar surface area (TPSA) is 68.8 Å². The first-order valence-corrected chi connectivity index (χ1v) is 3.20. The van der Waals surface area contributed by atoms with Crippen LogP contribution in [0.25, 0.3) is 0 Å². The number of rotatable bonds is 4. The quantitative estimate of drug-likeness (QED) is 0.361. The second kappa shape index (κ2) is 6.76. The van der Waals surface area contributed by atoms with Crippen LogP contribution in [-0.2, 0) is 4.84 Å². The molecule has 4 nitrogen and oxygen atoms in total. The van der Waals surface area contributed by atoms with Gasteiger partial charge in [0.05, 0.1) is 6.61 Å². The molecular formula is C7H9N3O. The second-order valence-electron chi connectivity index (χ2n) is 1.62.